The van der Waals surface area contributed by atoms with Crippen molar-refractivity contribution < 1.29 is 32.4 Å². The normalized spacial score (nSPS) is 15.1. The highest BCUT2D eigenvalue weighted by Gasteiger charge is 2.34. The minimum Gasteiger partial charge on any atom is -0.435 e. The number of amides is 3. The predicted molar refractivity (Wildman–Crippen MR) is 121 cm³/mol. The Balaban J connectivity index is 1.45. The first kappa shape index (κ1) is 24.8. The van der Waals surface area contributed by atoms with E-state index in [1.165, 1.54) is 42.1 Å². The molecule has 33 heavy (non-hydrogen) atoms. The van der Waals surface area contributed by atoms with Gasteiger partial charge in [-0.25, -0.2) is 0 Å². The second kappa shape index (κ2) is 11.3. The molecule has 0 bridgehead atoms. The number of benzene rings is 1. The topological polar surface area (TPSA) is 102 Å². The highest BCUT2D eigenvalue weighted by atomic mass is 32.2. The van der Waals surface area contributed by atoms with Crippen molar-refractivity contribution in [3.63, 3.8) is 0 Å². The zero-order valence-corrected chi connectivity index (χ0v) is 19.4. The molecule has 1 aromatic carbocycles. The fourth-order valence-electron chi connectivity index (χ4n) is 2.90. The van der Waals surface area contributed by atoms with Crippen LogP contribution in [-0.4, -0.2) is 52.6 Å². The van der Waals surface area contributed by atoms with Gasteiger partial charge in [-0.05, 0) is 49.4 Å². The third kappa shape index (κ3) is 6.81. The molecule has 176 valence electrons. The van der Waals surface area contributed by atoms with E-state index in [0.29, 0.717) is 11.3 Å². The summed E-state index contributed by atoms with van der Waals surface area (Å²) in [4.78, 5) is 38.0. The highest BCUT2D eigenvalue weighted by Crippen LogP contribution is 2.32. The second-order valence-electron chi connectivity index (χ2n) is 6.93. The molecule has 0 atom stereocenters. The number of ether oxygens (including phenoxy) is 1. The standard InChI is InChI=1S/C21H21F2N3O5S2/c1-12-16(13(2)31-25-12)10-32-11-18(27)24-7-8-26-19(28)17(33-21(26)29)9-14-3-5-15(6-4-14)30-20(22)23/h3-6,9,20H,7-8,10-11H2,1-2H3,(H,24,27)/b17-9-. The van der Waals surface area contributed by atoms with Gasteiger partial charge in [-0.1, -0.05) is 17.3 Å². The van der Waals surface area contributed by atoms with Crippen molar-refractivity contribution in [1.29, 1.82) is 0 Å². The molecule has 8 nitrogen and oxygen atoms in total. The summed E-state index contributed by atoms with van der Waals surface area (Å²) in [6.07, 6.45) is 1.50. The Kier molecular flexibility index (Phi) is 8.50. The largest absolute Gasteiger partial charge is 0.435 e. The maximum atomic E-state index is 12.5. The molecule has 2 aromatic rings. The molecule has 1 fully saturated rings. The van der Waals surface area contributed by atoms with E-state index < -0.39 is 17.8 Å². The molecule has 0 saturated carbocycles. The van der Waals surface area contributed by atoms with E-state index in [4.69, 9.17) is 4.52 Å². The summed E-state index contributed by atoms with van der Waals surface area (Å²) < 4.78 is 33.8. The van der Waals surface area contributed by atoms with Crippen LogP contribution in [0.3, 0.4) is 0 Å². The van der Waals surface area contributed by atoms with Gasteiger partial charge in [0.1, 0.15) is 11.5 Å². The number of halogens is 2. The molecule has 0 radical (unpaired) electrons. The van der Waals surface area contributed by atoms with Gasteiger partial charge in [-0.3, -0.25) is 19.3 Å². The molecule has 2 heterocycles. The number of thioether (sulfide) groups is 2. The first-order chi connectivity index (χ1) is 15.7. The Morgan fingerprint density at radius 3 is 2.67 bits per heavy atom. The van der Waals surface area contributed by atoms with E-state index >= 15 is 0 Å². The average molecular weight is 498 g/mol. The molecule has 0 aliphatic carbocycles. The quantitative estimate of drug-likeness (QED) is 0.492. The lowest BCUT2D eigenvalue weighted by Crippen LogP contribution is -2.37. The number of aromatic nitrogens is 1. The van der Waals surface area contributed by atoms with Crippen molar-refractivity contribution >= 4 is 46.7 Å². The van der Waals surface area contributed by atoms with Crippen LogP contribution >= 0.6 is 23.5 Å². The van der Waals surface area contributed by atoms with Gasteiger partial charge in [0, 0.05) is 24.4 Å². The molecule has 0 spiro atoms. The SMILES string of the molecule is Cc1noc(C)c1CSCC(=O)NCCN1C(=O)S/C(=C\c2ccc(OC(F)F)cc2)C1=O. The van der Waals surface area contributed by atoms with Crippen molar-refractivity contribution in [2.75, 3.05) is 18.8 Å². The molecule has 3 amide bonds. The predicted octanol–water partition coefficient (Wildman–Crippen LogP) is 3.98. The van der Waals surface area contributed by atoms with E-state index in [0.717, 1.165) is 33.7 Å². The lowest BCUT2D eigenvalue weighted by molar-refractivity contribution is -0.123. The van der Waals surface area contributed by atoms with Crippen molar-refractivity contribution in [2.45, 2.75) is 26.2 Å². The molecule has 1 N–H and O–H groups in total. The third-order valence-corrected chi connectivity index (χ3v) is 6.46. The molecular weight excluding hydrogens is 476 g/mol. The van der Waals surface area contributed by atoms with Crippen LogP contribution < -0.4 is 10.1 Å². The molecule has 12 heteroatoms. The number of aryl methyl sites for hydroxylation is 2. The van der Waals surface area contributed by atoms with Gasteiger partial charge in [0.15, 0.2) is 0 Å². The number of carbonyl (C=O) groups excluding carboxylic acids is 3. The summed E-state index contributed by atoms with van der Waals surface area (Å²) >= 11 is 2.19. The van der Waals surface area contributed by atoms with Gasteiger partial charge in [0.25, 0.3) is 11.1 Å². The number of nitrogens with zero attached hydrogens (tertiary/aromatic N) is 2. The maximum Gasteiger partial charge on any atom is 0.387 e. The van der Waals surface area contributed by atoms with Crippen LogP contribution in [0.4, 0.5) is 13.6 Å². The minimum absolute atomic E-state index is 0.00383. The first-order valence-corrected chi connectivity index (χ1v) is 11.8. The first-order valence-electron chi connectivity index (χ1n) is 9.81. The van der Waals surface area contributed by atoms with E-state index in [-0.39, 0.29) is 35.4 Å². The summed E-state index contributed by atoms with van der Waals surface area (Å²) in [6, 6.07) is 5.71. The summed E-state index contributed by atoms with van der Waals surface area (Å²) in [6.45, 7) is 0.916. The summed E-state index contributed by atoms with van der Waals surface area (Å²) in [5.74, 6) is 0.857. The smallest absolute Gasteiger partial charge is 0.387 e. The van der Waals surface area contributed by atoms with Gasteiger partial charge in [0.2, 0.25) is 5.91 Å². The van der Waals surface area contributed by atoms with E-state index in [1.54, 1.807) is 0 Å². The lowest BCUT2D eigenvalue weighted by Gasteiger charge is -2.13. The Bertz CT molecular complexity index is 1040. The van der Waals surface area contributed by atoms with Crippen molar-refractivity contribution in [3.8, 4) is 5.75 Å². The van der Waals surface area contributed by atoms with Gasteiger partial charge in [-0.2, -0.15) is 8.78 Å². The molecule has 0 unspecified atom stereocenters. The van der Waals surface area contributed by atoms with E-state index in [1.807, 2.05) is 13.8 Å². The van der Waals surface area contributed by atoms with E-state index in [2.05, 4.69) is 15.2 Å². The lowest BCUT2D eigenvalue weighted by atomic mass is 10.2. The van der Waals surface area contributed by atoms with Crippen LogP contribution in [-0.2, 0) is 15.3 Å². The summed E-state index contributed by atoms with van der Waals surface area (Å²) in [5, 5.41) is 6.13. The second-order valence-corrected chi connectivity index (χ2v) is 8.91. The molecule has 1 aromatic heterocycles. The third-order valence-electron chi connectivity index (χ3n) is 4.59. The van der Waals surface area contributed by atoms with Crippen molar-refractivity contribution in [3.05, 3.63) is 51.8 Å². The van der Waals surface area contributed by atoms with Gasteiger partial charge in [0.05, 0.1) is 16.4 Å². The van der Waals surface area contributed by atoms with Crippen LogP contribution in [0.2, 0.25) is 0 Å². The number of nitrogens with one attached hydrogen (secondary N) is 1. The number of hydrogen-bond acceptors (Lipinski definition) is 8. The Morgan fingerprint density at radius 1 is 1.30 bits per heavy atom. The number of carbonyl (C=O) groups is 3. The molecule has 1 saturated heterocycles. The molecule has 1 aliphatic heterocycles. The highest BCUT2D eigenvalue weighted by molar-refractivity contribution is 8.18. The molecule has 3 rings (SSSR count). The monoisotopic (exact) mass is 497 g/mol. The number of hydrogen-bond donors (Lipinski definition) is 1. The van der Waals surface area contributed by atoms with Crippen LogP contribution in [0.5, 0.6) is 5.75 Å². The van der Waals surface area contributed by atoms with Crippen LogP contribution in [0, 0.1) is 13.8 Å². The van der Waals surface area contributed by atoms with Crippen LogP contribution in [0.15, 0.2) is 33.7 Å². The van der Waals surface area contributed by atoms with Crippen molar-refractivity contribution in [2.24, 2.45) is 0 Å². The van der Waals surface area contributed by atoms with Gasteiger partial charge in [-0.15, -0.1) is 11.8 Å². The molecule has 1 aliphatic rings. The Morgan fingerprint density at radius 2 is 2.03 bits per heavy atom. The van der Waals surface area contributed by atoms with Gasteiger partial charge >= 0.3 is 6.61 Å². The zero-order valence-electron chi connectivity index (χ0n) is 17.8. The van der Waals surface area contributed by atoms with Gasteiger partial charge < -0.3 is 14.6 Å². The number of rotatable bonds is 10. The van der Waals surface area contributed by atoms with E-state index in [9.17, 15) is 23.2 Å². The fraction of sp³-hybridized carbons (Fsp3) is 0.333. The summed E-state index contributed by atoms with van der Waals surface area (Å²) in [5.41, 5.74) is 2.32. The number of imide groups is 1. The average Bonchev–Trinajstić information content (AvgIpc) is 3.22. The zero-order chi connectivity index (χ0) is 24.0. The van der Waals surface area contributed by atoms with Crippen LogP contribution in [0.1, 0.15) is 22.6 Å². The maximum absolute atomic E-state index is 12.5. The Hall–Kier alpha value is -2.86. The minimum atomic E-state index is -2.92. The Labute approximate surface area is 197 Å². The fourth-order valence-corrected chi connectivity index (χ4v) is 4.77. The molecular formula is C21H21F2N3O5S2. The number of alkyl halides is 2. The van der Waals surface area contributed by atoms with Crippen molar-refractivity contribution in [1.82, 2.24) is 15.4 Å². The van der Waals surface area contributed by atoms with Crippen LogP contribution in [0.25, 0.3) is 6.08 Å². The summed E-state index contributed by atoms with van der Waals surface area (Å²) in [7, 11) is 0.